The van der Waals surface area contributed by atoms with Gasteiger partial charge in [0.25, 0.3) is 0 Å². The minimum Gasteiger partial charge on any atom is -0.444 e. The number of benzene rings is 2. The van der Waals surface area contributed by atoms with Crippen LogP contribution in [-0.4, -0.2) is 11.7 Å². The molecule has 5 heteroatoms. The van der Waals surface area contributed by atoms with E-state index in [9.17, 15) is 15.3 Å². The molecule has 1 N–H and O–H groups in total. The zero-order chi connectivity index (χ0) is 21.4. The van der Waals surface area contributed by atoms with Crippen molar-refractivity contribution >= 4 is 11.7 Å². The summed E-state index contributed by atoms with van der Waals surface area (Å²) in [6, 6.07) is 22.3. The van der Waals surface area contributed by atoms with Gasteiger partial charge in [-0.15, -0.1) is 0 Å². The average Bonchev–Trinajstić information content (AvgIpc) is 2.69. The number of allylic oxidation sites excluding steroid dienone is 1. The predicted octanol–water partition coefficient (Wildman–Crippen LogP) is 5.39. The normalized spacial score (nSPS) is 12.6. The lowest BCUT2D eigenvalue weighted by molar-refractivity contribution is 0.0494. The Morgan fingerprint density at radius 1 is 0.966 bits per heavy atom. The Balaban J connectivity index is 2.53. The molecule has 0 spiro atoms. The second-order valence-electron chi connectivity index (χ2n) is 7.70. The van der Waals surface area contributed by atoms with Crippen molar-refractivity contribution in [3.63, 3.8) is 0 Å². The number of hydrogen-bond donors (Lipinski definition) is 1. The quantitative estimate of drug-likeness (QED) is 0.697. The molecule has 0 aliphatic heterocycles. The molecule has 148 valence electrons. The van der Waals surface area contributed by atoms with Gasteiger partial charge in [0.05, 0.1) is 6.04 Å². The van der Waals surface area contributed by atoms with Crippen LogP contribution in [0.2, 0.25) is 0 Å². The van der Waals surface area contributed by atoms with Crippen LogP contribution in [0, 0.1) is 28.6 Å². The van der Waals surface area contributed by atoms with Crippen LogP contribution in [0.5, 0.6) is 0 Å². The molecule has 0 bridgehead atoms. The second kappa shape index (κ2) is 9.57. The van der Waals surface area contributed by atoms with Crippen molar-refractivity contribution in [2.75, 3.05) is 0 Å². The highest BCUT2D eigenvalue weighted by Crippen LogP contribution is 2.36. The van der Waals surface area contributed by atoms with E-state index in [1.54, 1.807) is 20.8 Å². The number of amides is 1. The highest BCUT2D eigenvalue weighted by Gasteiger charge is 2.29. The number of nitrogens with one attached hydrogen (secondary N) is 1. The number of carbonyl (C=O) groups is 1. The van der Waals surface area contributed by atoms with E-state index in [1.807, 2.05) is 79.7 Å². The monoisotopic (exact) mass is 387 g/mol. The molecule has 0 aliphatic rings. The predicted molar refractivity (Wildman–Crippen MR) is 112 cm³/mol. The van der Waals surface area contributed by atoms with Crippen molar-refractivity contribution in [3.05, 3.63) is 77.4 Å². The lowest BCUT2D eigenvalue weighted by Crippen LogP contribution is -2.37. The van der Waals surface area contributed by atoms with Gasteiger partial charge >= 0.3 is 6.09 Å². The number of nitrogens with zero attached hydrogens (tertiary/aromatic N) is 2. The Kier molecular flexibility index (Phi) is 7.17. The molecule has 2 rings (SSSR count). The first kappa shape index (κ1) is 21.7. The topological polar surface area (TPSA) is 85.9 Å². The highest BCUT2D eigenvalue weighted by molar-refractivity contribution is 5.78. The van der Waals surface area contributed by atoms with Gasteiger partial charge in [-0.05, 0) is 37.5 Å². The van der Waals surface area contributed by atoms with Crippen molar-refractivity contribution in [2.45, 2.75) is 39.3 Å². The van der Waals surface area contributed by atoms with Crippen molar-refractivity contribution in [3.8, 4) is 12.1 Å². The van der Waals surface area contributed by atoms with Gasteiger partial charge in [0.15, 0.2) is 0 Å². The summed E-state index contributed by atoms with van der Waals surface area (Å²) in [6.45, 7) is 7.29. The minimum absolute atomic E-state index is 0.0237. The van der Waals surface area contributed by atoms with Gasteiger partial charge in [-0.2, -0.15) is 10.5 Å². The maximum atomic E-state index is 12.5. The first-order valence-electron chi connectivity index (χ1n) is 9.41. The lowest BCUT2D eigenvalue weighted by atomic mass is 9.82. The Morgan fingerprint density at radius 2 is 1.48 bits per heavy atom. The van der Waals surface area contributed by atoms with E-state index in [4.69, 9.17) is 4.74 Å². The fourth-order valence-corrected chi connectivity index (χ4v) is 3.16. The molecule has 0 unspecified atom stereocenters. The first-order valence-corrected chi connectivity index (χ1v) is 9.41. The third-order valence-electron chi connectivity index (χ3n) is 4.36. The molecule has 0 radical (unpaired) electrons. The number of hydrogen-bond acceptors (Lipinski definition) is 4. The minimum atomic E-state index is -0.642. The van der Waals surface area contributed by atoms with Crippen LogP contribution in [0.3, 0.4) is 0 Å². The Hall–Kier alpha value is -3.57. The fourth-order valence-electron chi connectivity index (χ4n) is 3.16. The van der Waals surface area contributed by atoms with E-state index < -0.39 is 17.7 Å². The number of alkyl carbamates (subject to hydrolysis) is 1. The van der Waals surface area contributed by atoms with Gasteiger partial charge in [-0.3, -0.25) is 0 Å². The zero-order valence-electron chi connectivity index (χ0n) is 17.1. The molecular formula is C24H25N3O2. The third kappa shape index (κ3) is 5.96. The molecule has 2 aromatic rings. The van der Waals surface area contributed by atoms with Gasteiger partial charge < -0.3 is 10.1 Å². The fraction of sp³-hybridized carbons (Fsp3) is 0.292. The van der Waals surface area contributed by atoms with Crippen LogP contribution in [0.25, 0.3) is 5.57 Å². The van der Waals surface area contributed by atoms with Crippen molar-refractivity contribution in [2.24, 2.45) is 5.92 Å². The second-order valence-corrected chi connectivity index (χ2v) is 7.70. The summed E-state index contributed by atoms with van der Waals surface area (Å²) in [6.07, 6.45) is -0.555. The largest absolute Gasteiger partial charge is 0.444 e. The summed E-state index contributed by atoms with van der Waals surface area (Å²) in [5.74, 6) is -0.360. The van der Waals surface area contributed by atoms with Gasteiger partial charge in [-0.25, -0.2) is 4.79 Å². The van der Waals surface area contributed by atoms with Crippen molar-refractivity contribution < 1.29 is 9.53 Å². The Morgan fingerprint density at radius 3 is 1.97 bits per heavy atom. The molecule has 0 heterocycles. The van der Waals surface area contributed by atoms with Crippen LogP contribution < -0.4 is 5.32 Å². The zero-order valence-corrected chi connectivity index (χ0v) is 17.1. The molecule has 5 nitrogen and oxygen atoms in total. The van der Waals surface area contributed by atoms with Crippen LogP contribution in [-0.2, 0) is 4.74 Å². The van der Waals surface area contributed by atoms with E-state index in [1.165, 1.54) is 0 Å². The summed E-state index contributed by atoms with van der Waals surface area (Å²) in [5.41, 5.74) is 1.59. The van der Waals surface area contributed by atoms with Crippen molar-refractivity contribution in [1.82, 2.24) is 5.32 Å². The summed E-state index contributed by atoms with van der Waals surface area (Å²) in [4.78, 5) is 12.5. The molecule has 29 heavy (non-hydrogen) atoms. The molecule has 0 saturated heterocycles. The Bertz CT molecular complexity index is 930. The van der Waals surface area contributed by atoms with E-state index in [0.29, 0.717) is 5.57 Å². The lowest BCUT2D eigenvalue weighted by Gasteiger charge is -2.29. The van der Waals surface area contributed by atoms with Gasteiger partial charge in [-0.1, -0.05) is 67.6 Å². The van der Waals surface area contributed by atoms with E-state index in [0.717, 1.165) is 11.1 Å². The maximum Gasteiger partial charge on any atom is 0.408 e. The molecule has 0 aromatic heterocycles. The van der Waals surface area contributed by atoms with Crippen LogP contribution in [0.1, 0.15) is 44.9 Å². The molecular weight excluding hydrogens is 362 g/mol. The van der Waals surface area contributed by atoms with Gasteiger partial charge in [0, 0.05) is 5.92 Å². The number of nitriles is 2. The third-order valence-corrected chi connectivity index (χ3v) is 4.36. The Labute approximate surface area is 172 Å². The van der Waals surface area contributed by atoms with Gasteiger partial charge in [0.1, 0.15) is 23.3 Å². The molecule has 0 aliphatic carbocycles. The van der Waals surface area contributed by atoms with Crippen LogP contribution >= 0.6 is 0 Å². The number of ether oxygens (including phenoxy) is 1. The first-order chi connectivity index (χ1) is 13.8. The molecule has 0 saturated carbocycles. The standard InChI is InChI=1S/C24H25N3O2/c1-17(21(20(15-25)16-26)18-11-7-5-8-12-18)22(19-13-9-6-10-14-19)27-23(28)29-24(2,3)4/h5-14,17,22H,1-4H3,(H,27,28)/t17-,22+/m0/s1. The van der Waals surface area contributed by atoms with Crippen molar-refractivity contribution in [1.29, 1.82) is 10.5 Å². The van der Waals surface area contributed by atoms with Gasteiger partial charge in [0.2, 0.25) is 0 Å². The summed E-state index contributed by atoms with van der Waals surface area (Å²) >= 11 is 0. The molecule has 0 fully saturated rings. The maximum absolute atomic E-state index is 12.5. The van der Waals surface area contributed by atoms with E-state index >= 15 is 0 Å². The smallest absolute Gasteiger partial charge is 0.408 e. The van der Waals surface area contributed by atoms with Crippen LogP contribution in [0.4, 0.5) is 4.79 Å². The SMILES string of the molecule is C[C@@H](C(=C(C#N)C#N)c1ccccc1)[C@@H](NC(=O)OC(C)(C)C)c1ccccc1. The summed E-state index contributed by atoms with van der Waals surface area (Å²) in [5, 5.41) is 22.0. The number of rotatable bonds is 5. The summed E-state index contributed by atoms with van der Waals surface area (Å²) < 4.78 is 5.44. The average molecular weight is 387 g/mol. The number of carbonyl (C=O) groups excluding carboxylic acids is 1. The summed E-state index contributed by atoms with van der Waals surface area (Å²) in [7, 11) is 0. The molecule has 2 atom stereocenters. The molecule has 1 amide bonds. The molecule has 2 aromatic carbocycles. The highest BCUT2D eigenvalue weighted by atomic mass is 16.6. The van der Waals surface area contributed by atoms with Crippen LogP contribution in [0.15, 0.2) is 66.2 Å². The van der Waals surface area contributed by atoms with E-state index in [-0.39, 0.29) is 11.5 Å². The van der Waals surface area contributed by atoms with E-state index in [2.05, 4.69) is 5.32 Å².